The number of carbonyl (C=O) groups is 2. The lowest BCUT2D eigenvalue weighted by Gasteiger charge is -2.13. The van der Waals surface area contributed by atoms with Crippen LogP contribution in [0.3, 0.4) is 0 Å². The fourth-order valence-electron chi connectivity index (χ4n) is 3.63. The molecule has 0 spiro atoms. The topological polar surface area (TPSA) is 102 Å². The van der Waals surface area contributed by atoms with Gasteiger partial charge in [0, 0.05) is 25.3 Å². The molecule has 0 N–H and O–H groups in total. The molecule has 10 heteroatoms. The standard InChI is InChI=1S/C18H20N4O4S2/c1-21-15(12-7-10-28(25,26)11-12)19-20-18(21)27-9-4-8-22-16(23)13-5-2-3-6-14(13)17(22)24/h2-3,5-6,12H,4,7-11H2,1H3. The number of benzene rings is 1. The van der Waals surface area contributed by atoms with Crippen molar-refractivity contribution in [3.8, 4) is 0 Å². The van der Waals surface area contributed by atoms with E-state index >= 15 is 0 Å². The number of thioether (sulfide) groups is 1. The van der Waals surface area contributed by atoms with Crippen LogP contribution in [0.15, 0.2) is 29.4 Å². The van der Waals surface area contributed by atoms with Crippen LogP contribution in [0.4, 0.5) is 0 Å². The van der Waals surface area contributed by atoms with E-state index in [4.69, 9.17) is 0 Å². The Morgan fingerprint density at radius 1 is 1.14 bits per heavy atom. The normalized spacial score (nSPS) is 20.8. The van der Waals surface area contributed by atoms with Crippen molar-refractivity contribution >= 4 is 33.4 Å². The molecule has 1 aromatic heterocycles. The summed E-state index contributed by atoms with van der Waals surface area (Å²) < 4.78 is 25.2. The number of fused-ring (bicyclic) bond motifs is 1. The smallest absolute Gasteiger partial charge is 0.261 e. The van der Waals surface area contributed by atoms with Gasteiger partial charge in [0.05, 0.1) is 22.6 Å². The van der Waals surface area contributed by atoms with Gasteiger partial charge in [-0.2, -0.15) is 0 Å². The first kappa shape index (κ1) is 19.1. The molecule has 1 fully saturated rings. The molecular formula is C18H20N4O4S2. The maximum Gasteiger partial charge on any atom is 0.261 e. The lowest BCUT2D eigenvalue weighted by atomic mass is 10.1. The summed E-state index contributed by atoms with van der Waals surface area (Å²) in [4.78, 5) is 26.0. The molecule has 1 aromatic carbocycles. The van der Waals surface area contributed by atoms with E-state index in [1.165, 1.54) is 16.7 Å². The highest BCUT2D eigenvalue weighted by Gasteiger charge is 2.35. The van der Waals surface area contributed by atoms with Crippen LogP contribution in [0.2, 0.25) is 0 Å². The van der Waals surface area contributed by atoms with E-state index in [1.807, 2.05) is 11.6 Å². The number of sulfone groups is 1. The molecule has 0 radical (unpaired) electrons. The fourth-order valence-corrected chi connectivity index (χ4v) is 6.22. The van der Waals surface area contributed by atoms with E-state index < -0.39 is 9.84 Å². The highest BCUT2D eigenvalue weighted by atomic mass is 32.2. The molecule has 148 valence electrons. The van der Waals surface area contributed by atoms with Crippen LogP contribution in [-0.2, 0) is 16.9 Å². The molecule has 2 aromatic rings. The summed E-state index contributed by atoms with van der Waals surface area (Å²) in [5, 5.41) is 9.06. The summed E-state index contributed by atoms with van der Waals surface area (Å²) in [6.45, 7) is 0.352. The van der Waals surface area contributed by atoms with Gasteiger partial charge in [0.1, 0.15) is 5.82 Å². The predicted molar refractivity (Wildman–Crippen MR) is 104 cm³/mol. The number of nitrogens with zero attached hydrogens (tertiary/aromatic N) is 4. The van der Waals surface area contributed by atoms with E-state index in [0.29, 0.717) is 47.2 Å². The predicted octanol–water partition coefficient (Wildman–Crippen LogP) is 1.50. The number of aromatic nitrogens is 3. The summed E-state index contributed by atoms with van der Waals surface area (Å²) in [5.41, 5.74) is 0.925. The quantitative estimate of drug-likeness (QED) is 0.396. The third-order valence-electron chi connectivity index (χ3n) is 5.10. The number of amides is 2. The molecule has 0 saturated carbocycles. The minimum atomic E-state index is -2.97. The molecule has 8 nitrogen and oxygen atoms in total. The van der Waals surface area contributed by atoms with Gasteiger partial charge in [-0.3, -0.25) is 14.5 Å². The van der Waals surface area contributed by atoms with Crippen molar-refractivity contribution in [3.63, 3.8) is 0 Å². The van der Waals surface area contributed by atoms with Crippen molar-refractivity contribution in [2.24, 2.45) is 7.05 Å². The van der Waals surface area contributed by atoms with Crippen LogP contribution in [0, 0.1) is 0 Å². The van der Waals surface area contributed by atoms with Gasteiger partial charge < -0.3 is 4.57 Å². The molecular weight excluding hydrogens is 400 g/mol. The molecule has 1 atom stereocenters. The Morgan fingerprint density at radius 3 is 2.43 bits per heavy atom. The van der Waals surface area contributed by atoms with Crippen LogP contribution in [0.25, 0.3) is 0 Å². The zero-order chi connectivity index (χ0) is 19.9. The number of hydrogen-bond donors (Lipinski definition) is 0. The number of carbonyl (C=O) groups excluding carboxylic acids is 2. The molecule has 1 unspecified atom stereocenters. The zero-order valence-corrected chi connectivity index (χ0v) is 17.0. The Balaban J connectivity index is 1.32. The Bertz CT molecular complexity index is 1010. The molecule has 0 bridgehead atoms. The molecule has 28 heavy (non-hydrogen) atoms. The van der Waals surface area contributed by atoms with Crippen molar-refractivity contribution in [1.29, 1.82) is 0 Å². The lowest BCUT2D eigenvalue weighted by Crippen LogP contribution is -2.31. The number of imide groups is 1. The third-order valence-corrected chi connectivity index (χ3v) is 7.98. The van der Waals surface area contributed by atoms with Crippen molar-refractivity contribution in [3.05, 3.63) is 41.2 Å². The second kappa shape index (κ2) is 7.32. The first-order valence-corrected chi connectivity index (χ1v) is 11.9. The van der Waals surface area contributed by atoms with Crippen molar-refractivity contribution in [2.45, 2.75) is 23.9 Å². The van der Waals surface area contributed by atoms with Gasteiger partial charge in [0.15, 0.2) is 15.0 Å². The van der Waals surface area contributed by atoms with Crippen LogP contribution >= 0.6 is 11.8 Å². The second-order valence-electron chi connectivity index (χ2n) is 7.01. The van der Waals surface area contributed by atoms with Crippen molar-refractivity contribution in [2.75, 3.05) is 23.8 Å². The number of rotatable bonds is 6. The van der Waals surface area contributed by atoms with Gasteiger partial charge >= 0.3 is 0 Å². The molecule has 1 saturated heterocycles. The van der Waals surface area contributed by atoms with Gasteiger partial charge in [-0.05, 0) is 25.0 Å². The summed E-state index contributed by atoms with van der Waals surface area (Å²) >= 11 is 1.49. The van der Waals surface area contributed by atoms with Gasteiger partial charge in [0.2, 0.25) is 0 Å². The van der Waals surface area contributed by atoms with Gasteiger partial charge in [-0.25, -0.2) is 8.42 Å². The largest absolute Gasteiger partial charge is 0.309 e. The van der Waals surface area contributed by atoms with Crippen LogP contribution < -0.4 is 0 Å². The minimum Gasteiger partial charge on any atom is -0.309 e. The van der Waals surface area contributed by atoms with Crippen LogP contribution in [-0.4, -0.2) is 63.7 Å². The summed E-state index contributed by atoms with van der Waals surface area (Å²) in [6.07, 6.45) is 1.22. The highest BCUT2D eigenvalue weighted by molar-refractivity contribution is 7.99. The molecule has 2 amide bonds. The summed E-state index contributed by atoms with van der Waals surface area (Å²) in [5.74, 6) is 1.11. The monoisotopic (exact) mass is 420 g/mol. The van der Waals surface area contributed by atoms with E-state index in [0.717, 1.165) is 0 Å². The Labute approximate surface area is 167 Å². The van der Waals surface area contributed by atoms with Gasteiger partial charge in [0.25, 0.3) is 11.8 Å². The Morgan fingerprint density at radius 2 is 1.82 bits per heavy atom. The van der Waals surface area contributed by atoms with Crippen molar-refractivity contribution in [1.82, 2.24) is 19.7 Å². The Kier molecular flexibility index (Phi) is 5.00. The maximum absolute atomic E-state index is 12.4. The molecule has 2 aliphatic heterocycles. The second-order valence-corrected chi connectivity index (χ2v) is 10.3. The maximum atomic E-state index is 12.4. The first-order valence-electron chi connectivity index (χ1n) is 9.05. The van der Waals surface area contributed by atoms with E-state index in [9.17, 15) is 18.0 Å². The molecule has 4 rings (SSSR count). The van der Waals surface area contributed by atoms with Crippen LogP contribution in [0.1, 0.15) is 45.3 Å². The first-order chi connectivity index (χ1) is 13.4. The van der Waals surface area contributed by atoms with Gasteiger partial charge in [-0.15, -0.1) is 10.2 Å². The lowest BCUT2D eigenvalue weighted by molar-refractivity contribution is 0.0655. The average molecular weight is 421 g/mol. The zero-order valence-electron chi connectivity index (χ0n) is 15.4. The fraction of sp³-hybridized carbons (Fsp3) is 0.444. The van der Waals surface area contributed by atoms with E-state index in [2.05, 4.69) is 10.2 Å². The Hall–Kier alpha value is -2.20. The molecule has 3 heterocycles. The van der Waals surface area contributed by atoms with E-state index in [1.54, 1.807) is 24.3 Å². The summed E-state index contributed by atoms with van der Waals surface area (Å²) in [7, 11) is -1.13. The van der Waals surface area contributed by atoms with Crippen molar-refractivity contribution < 1.29 is 18.0 Å². The van der Waals surface area contributed by atoms with Crippen LogP contribution in [0.5, 0.6) is 0 Å². The minimum absolute atomic E-state index is 0.102. The molecule has 2 aliphatic rings. The molecule has 0 aliphatic carbocycles. The van der Waals surface area contributed by atoms with Gasteiger partial charge in [-0.1, -0.05) is 23.9 Å². The summed E-state index contributed by atoms with van der Waals surface area (Å²) in [6, 6.07) is 6.86. The SMILES string of the molecule is Cn1c(SCCCN2C(=O)c3ccccc3C2=O)nnc1C1CCS(=O)(=O)C1. The highest BCUT2D eigenvalue weighted by Crippen LogP contribution is 2.29. The average Bonchev–Trinajstić information content (AvgIpc) is 3.29. The number of hydrogen-bond acceptors (Lipinski definition) is 7. The van der Waals surface area contributed by atoms with E-state index in [-0.39, 0.29) is 29.2 Å². The third kappa shape index (κ3) is 3.46.